The molecule has 2 aromatic rings. The van der Waals surface area contributed by atoms with Crippen molar-refractivity contribution in [3.8, 4) is 5.75 Å². The number of likely N-dealkylation sites (N-methyl/N-ethyl adjacent to an activating group) is 1. The van der Waals surface area contributed by atoms with Crippen molar-refractivity contribution in [3.63, 3.8) is 0 Å². The Morgan fingerprint density at radius 2 is 1.90 bits per heavy atom. The van der Waals surface area contributed by atoms with Crippen LogP contribution in [0, 0.1) is 20.2 Å². The summed E-state index contributed by atoms with van der Waals surface area (Å²) in [6, 6.07) is 8.35. The number of amides is 1. The Balaban J connectivity index is 1.83. The van der Waals surface area contributed by atoms with Crippen molar-refractivity contribution in [1.82, 2.24) is 4.90 Å². The van der Waals surface area contributed by atoms with Crippen LogP contribution in [0.2, 0.25) is 0 Å². The van der Waals surface area contributed by atoms with Gasteiger partial charge in [0.15, 0.2) is 6.79 Å². The number of hydrogen-bond acceptors (Lipinski definition) is 7. The molecule has 2 aromatic carbocycles. The van der Waals surface area contributed by atoms with Crippen molar-refractivity contribution in [3.05, 3.63) is 79.4 Å². The molecule has 30 heavy (non-hydrogen) atoms. The third-order valence-corrected chi connectivity index (χ3v) is 4.83. The van der Waals surface area contributed by atoms with Crippen LogP contribution in [0.25, 0.3) is 6.08 Å². The van der Waals surface area contributed by atoms with Gasteiger partial charge < -0.3 is 14.4 Å². The first-order valence-electron chi connectivity index (χ1n) is 8.99. The number of carbonyl (C=O) groups excluding carboxylic acids is 1. The highest BCUT2D eigenvalue weighted by molar-refractivity contribution is 5.92. The van der Waals surface area contributed by atoms with Gasteiger partial charge in [-0.1, -0.05) is 12.1 Å². The van der Waals surface area contributed by atoms with E-state index in [1.807, 2.05) is 0 Å². The number of carbonyl (C=O) groups is 1. The van der Waals surface area contributed by atoms with Crippen molar-refractivity contribution in [1.29, 1.82) is 0 Å². The number of benzene rings is 2. The summed E-state index contributed by atoms with van der Waals surface area (Å²) in [7, 11) is 1.57. The van der Waals surface area contributed by atoms with E-state index in [0.29, 0.717) is 22.4 Å². The second-order valence-electron chi connectivity index (χ2n) is 6.70. The highest BCUT2D eigenvalue weighted by Gasteiger charge is 2.21. The lowest BCUT2D eigenvalue weighted by atomic mass is 10.1. The Bertz CT molecular complexity index is 1040. The molecule has 0 unspecified atom stereocenters. The van der Waals surface area contributed by atoms with Crippen LogP contribution in [0.4, 0.5) is 11.4 Å². The van der Waals surface area contributed by atoms with Crippen molar-refractivity contribution < 1.29 is 24.1 Å². The zero-order valence-corrected chi connectivity index (χ0v) is 16.3. The molecule has 0 aliphatic carbocycles. The summed E-state index contributed by atoms with van der Waals surface area (Å²) in [5, 5.41) is 22.2. The van der Waals surface area contributed by atoms with Gasteiger partial charge in [-0.3, -0.25) is 25.0 Å². The predicted molar refractivity (Wildman–Crippen MR) is 107 cm³/mol. The maximum absolute atomic E-state index is 12.6. The highest BCUT2D eigenvalue weighted by Crippen LogP contribution is 2.33. The minimum Gasteiger partial charge on any atom is -0.467 e. The molecule has 0 spiro atoms. The van der Waals surface area contributed by atoms with Gasteiger partial charge in [-0.25, -0.2) is 0 Å². The fraction of sp³-hybridized carbons (Fsp3) is 0.250. The summed E-state index contributed by atoms with van der Waals surface area (Å²) in [5.74, 6) is 0.0617. The van der Waals surface area contributed by atoms with Gasteiger partial charge in [-0.05, 0) is 18.6 Å². The lowest BCUT2D eigenvalue weighted by Crippen LogP contribution is -2.28. The lowest BCUT2D eigenvalue weighted by molar-refractivity contribution is -0.385. The highest BCUT2D eigenvalue weighted by atomic mass is 16.7. The van der Waals surface area contributed by atoms with Crippen LogP contribution in [0.5, 0.6) is 5.75 Å². The molecule has 0 saturated heterocycles. The van der Waals surface area contributed by atoms with Gasteiger partial charge >= 0.3 is 0 Å². The Morgan fingerprint density at radius 3 is 2.60 bits per heavy atom. The number of non-ortho nitro benzene ring substituents is 2. The van der Waals surface area contributed by atoms with Gasteiger partial charge in [-0.15, -0.1) is 0 Å². The molecule has 0 radical (unpaired) electrons. The molecule has 156 valence electrons. The van der Waals surface area contributed by atoms with E-state index >= 15 is 0 Å². The summed E-state index contributed by atoms with van der Waals surface area (Å²) >= 11 is 0. The third-order valence-electron chi connectivity index (χ3n) is 4.83. The number of nitro groups is 2. The smallest absolute Gasteiger partial charge is 0.270 e. The monoisotopic (exact) mass is 413 g/mol. The SMILES string of the molecule is C[C@H](c1cccc([N+](=O)[O-])c1)N(C)C(=O)/C=C/c1cc([N+](=O)[O-])cc2c1OCOC2. The number of nitro benzene ring substituents is 2. The zero-order chi connectivity index (χ0) is 21.8. The first-order valence-corrected chi connectivity index (χ1v) is 8.99. The number of hydrogen-bond donors (Lipinski definition) is 0. The maximum atomic E-state index is 12.6. The van der Waals surface area contributed by atoms with E-state index in [1.54, 1.807) is 26.1 Å². The van der Waals surface area contributed by atoms with Crippen LogP contribution in [0.3, 0.4) is 0 Å². The molecule has 0 saturated carbocycles. The molecule has 0 aromatic heterocycles. The fourth-order valence-corrected chi connectivity index (χ4v) is 3.05. The van der Waals surface area contributed by atoms with Gasteiger partial charge in [0.25, 0.3) is 11.4 Å². The molecule has 0 N–H and O–H groups in total. The van der Waals surface area contributed by atoms with Crippen molar-refractivity contribution in [2.45, 2.75) is 19.6 Å². The maximum Gasteiger partial charge on any atom is 0.270 e. The first kappa shape index (κ1) is 20.9. The molecule has 0 bridgehead atoms. The third kappa shape index (κ3) is 4.44. The molecule has 1 atom stereocenters. The van der Waals surface area contributed by atoms with Crippen LogP contribution in [0.1, 0.15) is 29.7 Å². The fourth-order valence-electron chi connectivity index (χ4n) is 3.05. The lowest BCUT2D eigenvalue weighted by Gasteiger charge is -2.24. The summed E-state index contributed by atoms with van der Waals surface area (Å²) in [6.45, 7) is 1.94. The Hall–Kier alpha value is -3.79. The van der Waals surface area contributed by atoms with E-state index in [4.69, 9.17) is 9.47 Å². The van der Waals surface area contributed by atoms with Crippen molar-refractivity contribution in [2.24, 2.45) is 0 Å². The van der Waals surface area contributed by atoms with Crippen LogP contribution >= 0.6 is 0 Å². The molecule has 0 fully saturated rings. The van der Waals surface area contributed by atoms with E-state index < -0.39 is 15.9 Å². The number of ether oxygens (including phenoxy) is 2. The van der Waals surface area contributed by atoms with Crippen LogP contribution in [-0.2, 0) is 16.1 Å². The average molecular weight is 413 g/mol. The first-order chi connectivity index (χ1) is 14.3. The predicted octanol–water partition coefficient (Wildman–Crippen LogP) is 3.60. The molecule has 1 amide bonds. The standard InChI is InChI=1S/C20H19N3O7/c1-13(14-4-3-5-17(8-14)22(25)26)21(2)19(24)7-6-15-9-18(23(27)28)10-16-11-29-12-30-20(15)16/h3-10,13H,11-12H2,1-2H3/b7-6+/t13-/m1/s1. The number of rotatable bonds is 6. The van der Waals surface area contributed by atoms with Gasteiger partial charge in [-0.2, -0.15) is 0 Å². The Morgan fingerprint density at radius 1 is 1.17 bits per heavy atom. The van der Waals surface area contributed by atoms with Crippen LogP contribution in [0.15, 0.2) is 42.5 Å². The molecule has 10 heteroatoms. The minimum absolute atomic E-state index is 0.0172. The zero-order valence-electron chi connectivity index (χ0n) is 16.3. The number of nitrogens with zero attached hydrogens (tertiary/aromatic N) is 3. The van der Waals surface area contributed by atoms with Crippen molar-refractivity contribution >= 4 is 23.4 Å². The number of fused-ring (bicyclic) bond motifs is 1. The van der Waals surface area contributed by atoms with E-state index in [2.05, 4.69) is 0 Å². The van der Waals surface area contributed by atoms with Gasteiger partial charge in [0, 0.05) is 48.5 Å². The summed E-state index contributed by atoms with van der Waals surface area (Å²) in [4.78, 5) is 35.2. The summed E-state index contributed by atoms with van der Waals surface area (Å²) in [5.41, 5.74) is 1.35. The van der Waals surface area contributed by atoms with Gasteiger partial charge in [0.1, 0.15) is 5.75 Å². The van der Waals surface area contributed by atoms with Crippen LogP contribution in [-0.4, -0.2) is 34.5 Å². The quantitative estimate of drug-likeness (QED) is 0.402. The van der Waals surface area contributed by atoms with E-state index in [1.165, 1.54) is 41.3 Å². The molecule has 1 heterocycles. The topological polar surface area (TPSA) is 125 Å². The molecule has 1 aliphatic rings. The molecule has 3 rings (SSSR count). The van der Waals surface area contributed by atoms with E-state index in [-0.39, 0.29) is 30.7 Å². The second kappa shape index (κ2) is 8.70. The largest absolute Gasteiger partial charge is 0.467 e. The summed E-state index contributed by atoms with van der Waals surface area (Å²) in [6.07, 6.45) is 2.74. The van der Waals surface area contributed by atoms with Crippen LogP contribution < -0.4 is 4.74 Å². The Kier molecular flexibility index (Phi) is 6.07. The second-order valence-corrected chi connectivity index (χ2v) is 6.70. The molecular weight excluding hydrogens is 394 g/mol. The van der Waals surface area contributed by atoms with Crippen molar-refractivity contribution in [2.75, 3.05) is 13.8 Å². The normalized spacial score (nSPS) is 13.9. The minimum atomic E-state index is -0.523. The Labute approximate surface area is 171 Å². The van der Waals surface area contributed by atoms with E-state index in [0.717, 1.165) is 0 Å². The van der Waals surface area contributed by atoms with Gasteiger partial charge in [0.05, 0.1) is 22.5 Å². The molecular formula is C20H19N3O7. The molecule has 10 nitrogen and oxygen atoms in total. The average Bonchev–Trinajstić information content (AvgIpc) is 2.75. The molecule has 1 aliphatic heterocycles. The van der Waals surface area contributed by atoms with E-state index in [9.17, 15) is 25.0 Å². The summed E-state index contributed by atoms with van der Waals surface area (Å²) < 4.78 is 10.6. The van der Waals surface area contributed by atoms with Gasteiger partial charge in [0.2, 0.25) is 5.91 Å².